The predicted octanol–water partition coefficient (Wildman–Crippen LogP) is 0.529. The van der Waals surface area contributed by atoms with Crippen molar-refractivity contribution in [3.8, 4) is 0 Å². The maximum Gasteiger partial charge on any atom is 0.220 e. The Balaban J connectivity index is 3.01. The van der Waals surface area contributed by atoms with Crippen molar-refractivity contribution in [2.24, 2.45) is 0 Å². The fraction of sp³-hybridized carbons (Fsp3) is 0.900. The maximum absolute atomic E-state index is 11.0. The van der Waals surface area contributed by atoms with E-state index in [1.807, 2.05) is 6.92 Å². The molecule has 14 heavy (non-hydrogen) atoms. The Labute approximate surface area is 86.4 Å². The smallest absolute Gasteiger partial charge is 0.220 e. The first-order valence-electron chi connectivity index (χ1n) is 5.36. The molecule has 0 radical (unpaired) electrons. The number of hydrogen-bond donors (Lipinski definition) is 2. The van der Waals surface area contributed by atoms with Gasteiger partial charge >= 0.3 is 0 Å². The van der Waals surface area contributed by atoms with Crippen LogP contribution in [0.4, 0.5) is 0 Å². The van der Waals surface area contributed by atoms with Gasteiger partial charge in [0.1, 0.15) is 0 Å². The van der Waals surface area contributed by atoms with Crippen LogP contribution in [0.25, 0.3) is 0 Å². The molecular weight excluding hydrogens is 180 g/mol. The minimum Gasteiger partial charge on any atom is -0.378 e. The minimum absolute atomic E-state index is 0.114. The second-order valence-corrected chi connectivity index (χ2v) is 3.07. The van der Waals surface area contributed by atoms with Crippen LogP contribution in [-0.2, 0) is 9.53 Å². The lowest BCUT2D eigenvalue weighted by atomic mass is 10.3. The van der Waals surface area contributed by atoms with Crippen LogP contribution in [0.5, 0.6) is 0 Å². The molecule has 0 rings (SSSR count). The molecule has 0 saturated carbocycles. The highest BCUT2D eigenvalue weighted by Gasteiger charge is 1.96. The number of likely N-dealkylation sites (N-methyl/N-ethyl adjacent to an activating group) is 1. The van der Waals surface area contributed by atoms with E-state index in [4.69, 9.17) is 4.74 Å². The van der Waals surface area contributed by atoms with Gasteiger partial charge in [0.25, 0.3) is 0 Å². The molecule has 4 heteroatoms. The third-order valence-corrected chi connectivity index (χ3v) is 1.72. The summed E-state index contributed by atoms with van der Waals surface area (Å²) in [6, 6.07) is 0. The van der Waals surface area contributed by atoms with Crippen molar-refractivity contribution in [3.63, 3.8) is 0 Å². The molecule has 0 aliphatic rings. The summed E-state index contributed by atoms with van der Waals surface area (Å²) in [5.74, 6) is 0.114. The highest BCUT2D eigenvalue weighted by molar-refractivity contribution is 5.75. The van der Waals surface area contributed by atoms with Gasteiger partial charge in [0, 0.05) is 19.5 Å². The van der Waals surface area contributed by atoms with E-state index in [1.165, 1.54) is 0 Å². The topological polar surface area (TPSA) is 50.4 Å². The van der Waals surface area contributed by atoms with Crippen LogP contribution >= 0.6 is 0 Å². The van der Waals surface area contributed by atoms with Crippen molar-refractivity contribution in [2.45, 2.75) is 26.7 Å². The lowest BCUT2D eigenvalue weighted by Crippen LogP contribution is -2.28. The van der Waals surface area contributed by atoms with Gasteiger partial charge in [-0.3, -0.25) is 4.79 Å². The van der Waals surface area contributed by atoms with E-state index >= 15 is 0 Å². The van der Waals surface area contributed by atoms with Crippen molar-refractivity contribution < 1.29 is 9.53 Å². The number of nitrogens with one attached hydrogen (secondary N) is 2. The first-order valence-corrected chi connectivity index (χ1v) is 5.36. The van der Waals surface area contributed by atoms with Crippen LogP contribution in [0.2, 0.25) is 0 Å². The molecule has 0 fully saturated rings. The molecule has 2 N–H and O–H groups in total. The van der Waals surface area contributed by atoms with Gasteiger partial charge < -0.3 is 15.4 Å². The Morgan fingerprint density at radius 1 is 1.21 bits per heavy atom. The van der Waals surface area contributed by atoms with E-state index in [9.17, 15) is 4.79 Å². The average molecular weight is 202 g/mol. The van der Waals surface area contributed by atoms with E-state index in [1.54, 1.807) is 0 Å². The lowest BCUT2D eigenvalue weighted by Gasteiger charge is -2.05. The summed E-state index contributed by atoms with van der Waals surface area (Å²) in [4.78, 5) is 11.0. The lowest BCUT2D eigenvalue weighted by molar-refractivity contribution is -0.121. The van der Waals surface area contributed by atoms with Crippen molar-refractivity contribution in [3.05, 3.63) is 0 Å². The van der Waals surface area contributed by atoms with Gasteiger partial charge in [-0.25, -0.2) is 0 Å². The van der Waals surface area contributed by atoms with E-state index < -0.39 is 0 Å². The van der Waals surface area contributed by atoms with Crippen molar-refractivity contribution in [2.75, 3.05) is 32.8 Å². The number of hydrogen-bond acceptors (Lipinski definition) is 3. The quantitative estimate of drug-likeness (QED) is 0.536. The molecule has 0 aliphatic heterocycles. The molecule has 0 atom stereocenters. The molecule has 0 spiro atoms. The van der Waals surface area contributed by atoms with Crippen LogP contribution in [-0.4, -0.2) is 38.8 Å². The maximum atomic E-state index is 11.0. The van der Waals surface area contributed by atoms with Crippen LogP contribution in [0.1, 0.15) is 26.7 Å². The third-order valence-electron chi connectivity index (χ3n) is 1.72. The van der Waals surface area contributed by atoms with Crippen LogP contribution in [0, 0.1) is 0 Å². The standard InChI is InChI=1S/C10H22N2O2/c1-3-5-10(13)12-7-9-14-8-6-11-4-2/h11H,3-9H2,1-2H3,(H,12,13). The Bertz CT molecular complexity index is 140. The number of carbonyl (C=O) groups is 1. The largest absolute Gasteiger partial charge is 0.378 e. The number of amides is 1. The Morgan fingerprint density at radius 3 is 2.57 bits per heavy atom. The first-order chi connectivity index (χ1) is 6.81. The fourth-order valence-corrected chi connectivity index (χ4v) is 1.00. The summed E-state index contributed by atoms with van der Waals surface area (Å²) >= 11 is 0. The molecule has 0 bridgehead atoms. The molecule has 0 aromatic heterocycles. The van der Waals surface area contributed by atoms with E-state index in [-0.39, 0.29) is 5.91 Å². The molecule has 1 amide bonds. The van der Waals surface area contributed by atoms with E-state index in [2.05, 4.69) is 17.6 Å². The van der Waals surface area contributed by atoms with Crippen molar-refractivity contribution in [1.82, 2.24) is 10.6 Å². The Hall–Kier alpha value is -0.610. The summed E-state index contributed by atoms with van der Waals surface area (Å²) in [5.41, 5.74) is 0. The number of ether oxygens (including phenoxy) is 1. The predicted molar refractivity (Wildman–Crippen MR) is 57.3 cm³/mol. The first kappa shape index (κ1) is 13.4. The van der Waals surface area contributed by atoms with Crippen molar-refractivity contribution >= 4 is 5.91 Å². The van der Waals surface area contributed by atoms with Gasteiger partial charge in [-0.15, -0.1) is 0 Å². The molecule has 4 nitrogen and oxygen atoms in total. The van der Waals surface area contributed by atoms with Gasteiger partial charge in [-0.05, 0) is 13.0 Å². The molecule has 0 aliphatic carbocycles. The molecule has 0 heterocycles. The van der Waals surface area contributed by atoms with Gasteiger partial charge in [0.05, 0.1) is 13.2 Å². The van der Waals surface area contributed by atoms with Crippen LogP contribution in [0.15, 0.2) is 0 Å². The highest BCUT2D eigenvalue weighted by Crippen LogP contribution is 1.84. The van der Waals surface area contributed by atoms with E-state index in [0.717, 1.165) is 19.5 Å². The summed E-state index contributed by atoms with van der Waals surface area (Å²) < 4.78 is 5.29. The normalized spacial score (nSPS) is 10.1. The van der Waals surface area contributed by atoms with Gasteiger partial charge in [0.15, 0.2) is 0 Å². The summed E-state index contributed by atoms with van der Waals surface area (Å²) in [7, 11) is 0. The molecule has 0 saturated heterocycles. The average Bonchev–Trinajstić information content (AvgIpc) is 2.17. The second-order valence-electron chi connectivity index (χ2n) is 3.07. The third kappa shape index (κ3) is 9.48. The zero-order chi connectivity index (χ0) is 10.6. The molecule has 0 aromatic carbocycles. The second kappa shape index (κ2) is 10.5. The van der Waals surface area contributed by atoms with Crippen molar-refractivity contribution in [1.29, 1.82) is 0 Å². The SMILES string of the molecule is CCCC(=O)NCCOCCNCC. The summed E-state index contributed by atoms with van der Waals surface area (Å²) in [6.07, 6.45) is 1.50. The molecule has 0 unspecified atom stereocenters. The van der Waals surface area contributed by atoms with Gasteiger partial charge in [0.2, 0.25) is 5.91 Å². The van der Waals surface area contributed by atoms with Crippen LogP contribution in [0.3, 0.4) is 0 Å². The van der Waals surface area contributed by atoms with Gasteiger partial charge in [-0.2, -0.15) is 0 Å². The summed E-state index contributed by atoms with van der Waals surface area (Å²) in [6.45, 7) is 7.82. The Morgan fingerprint density at radius 2 is 1.93 bits per heavy atom. The van der Waals surface area contributed by atoms with Gasteiger partial charge in [-0.1, -0.05) is 13.8 Å². The molecule has 84 valence electrons. The molecular formula is C10H22N2O2. The zero-order valence-electron chi connectivity index (χ0n) is 9.27. The number of carbonyl (C=O) groups excluding carboxylic acids is 1. The fourth-order valence-electron chi connectivity index (χ4n) is 1.00. The Kier molecular flexibility index (Phi) is 10.0. The summed E-state index contributed by atoms with van der Waals surface area (Å²) in [5, 5.41) is 5.95. The van der Waals surface area contributed by atoms with Crippen LogP contribution < -0.4 is 10.6 Å². The highest BCUT2D eigenvalue weighted by atomic mass is 16.5. The monoisotopic (exact) mass is 202 g/mol. The zero-order valence-corrected chi connectivity index (χ0v) is 9.27. The minimum atomic E-state index is 0.114. The van der Waals surface area contributed by atoms with E-state index in [0.29, 0.717) is 26.2 Å². The number of rotatable bonds is 9. The molecule has 0 aromatic rings.